The summed E-state index contributed by atoms with van der Waals surface area (Å²) in [7, 11) is 1.49. The monoisotopic (exact) mass is 317 g/mol. The van der Waals surface area contributed by atoms with E-state index in [0.717, 1.165) is 0 Å². The van der Waals surface area contributed by atoms with Gasteiger partial charge < -0.3 is 10.0 Å². The molecular formula is C12H13BrFNO3. The minimum absolute atomic E-state index is 0.0666. The maximum atomic E-state index is 13.3. The second-order valence-corrected chi connectivity index (χ2v) is 4.82. The molecule has 1 aromatic rings. The quantitative estimate of drug-likeness (QED) is 0.927. The third kappa shape index (κ3) is 3.29. The van der Waals surface area contributed by atoms with Crippen molar-refractivity contribution in [3.63, 3.8) is 0 Å². The van der Waals surface area contributed by atoms with Gasteiger partial charge in [-0.15, -0.1) is 0 Å². The Hall–Kier alpha value is -1.43. The molecule has 1 aromatic carbocycles. The van der Waals surface area contributed by atoms with Crippen molar-refractivity contribution in [1.82, 2.24) is 4.90 Å². The van der Waals surface area contributed by atoms with Gasteiger partial charge in [0.15, 0.2) is 0 Å². The molecule has 18 heavy (non-hydrogen) atoms. The third-order valence-electron chi connectivity index (χ3n) is 2.50. The van der Waals surface area contributed by atoms with E-state index >= 15 is 0 Å². The average Bonchev–Trinajstić information content (AvgIpc) is 2.31. The van der Waals surface area contributed by atoms with Gasteiger partial charge in [-0.25, -0.2) is 4.39 Å². The molecule has 0 radical (unpaired) electrons. The molecule has 4 nitrogen and oxygen atoms in total. The molecule has 98 valence electrons. The second-order valence-electron chi connectivity index (χ2n) is 4.03. The molecule has 0 saturated carbocycles. The lowest BCUT2D eigenvalue weighted by atomic mass is 10.1. The van der Waals surface area contributed by atoms with Gasteiger partial charge in [-0.1, -0.05) is 13.0 Å². The van der Waals surface area contributed by atoms with Crippen LogP contribution in [0.15, 0.2) is 22.7 Å². The first-order valence-corrected chi connectivity index (χ1v) is 6.06. The minimum Gasteiger partial charge on any atom is -0.481 e. The molecule has 1 atom stereocenters. The molecule has 1 N–H and O–H groups in total. The molecule has 0 aliphatic carbocycles. The number of hydrogen-bond donors (Lipinski definition) is 1. The van der Waals surface area contributed by atoms with Crippen molar-refractivity contribution in [2.24, 2.45) is 5.92 Å². The number of carboxylic acid groups (broad SMARTS) is 1. The first-order valence-electron chi connectivity index (χ1n) is 5.27. The molecule has 1 rings (SSSR count). The molecule has 1 amide bonds. The SMILES string of the molecule is CC(CN(C)C(=O)c1cccc(F)c1Br)C(=O)O. The van der Waals surface area contributed by atoms with Crippen molar-refractivity contribution in [1.29, 1.82) is 0 Å². The zero-order valence-electron chi connectivity index (χ0n) is 9.98. The number of nitrogens with zero attached hydrogens (tertiary/aromatic N) is 1. The van der Waals surface area contributed by atoms with Gasteiger partial charge in [0, 0.05) is 13.6 Å². The van der Waals surface area contributed by atoms with Gasteiger partial charge in [-0.3, -0.25) is 9.59 Å². The van der Waals surface area contributed by atoms with Gasteiger partial charge in [0.05, 0.1) is 16.0 Å². The van der Waals surface area contributed by atoms with Crippen LogP contribution in [0.1, 0.15) is 17.3 Å². The van der Waals surface area contributed by atoms with E-state index < -0.39 is 23.6 Å². The van der Waals surface area contributed by atoms with E-state index in [9.17, 15) is 14.0 Å². The van der Waals surface area contributed by atoms with Crippen LogP contribution in [-0.2, 0) is 4.79 Å². The van der Waals surface area contributed by atoms with E-state index in [1.165, 1.54) is 37.1 Å². The van der Waals surface area contributed by atoms with E-state index in [0.29, 0.717) is 0 Å². The van der Waals surface area contributed by atoms with E-state index in [-0.39, 0.29) is 16.6 Å². The third-order valence-corrected chi connectivity index (χ3v) is 3.30. The summed E-state index contributed by atoms with van der Waals surface area (Å²) in [4.78, 5) is 24.0. The van der Waals surface area contributed by atoms with Gasteiger partial charge in [-0.2, -0.15) is 0 Å². The Bertz CT molecular complexity index is 478. The number of carbonyl (C=O) groups is 2. The fourth-order valence-corrected chi connectivity index (χ4v) is 1.88. The van der Waals surface area contributed by atoms with E-state index in [4.69, 9.17) is 5.11 Å². The highest BCUT2D eigenvalue weighted by atomic mass is 79.9. The number of carbonyl (C=O) groups excluding carboxylic acids is 1. The Morgan fingerprint density at radius 2 is 2.11 bits per heavy atom. The van der Waals surface area contributed by atoms with Gasteiger partial charge in [0.25, 0.3) is 5.91 Å². The van der Waals surface area contributed by atoms with Crippen LogP contribution < -0.4 is 0 Å². The summed E-state index contributed by atoms with van der Waals surface area (Å²) in [6, 6.07) is 4.15. The number of amides is 1. The normalized spacial score (nSPS) is 12.0. The Morgan fingerprint density at radius 3 is 2.67 bits per heavy atom. The highest BCUT2D eigenvalue weighted by molar-refractivity contribution is 9.10. The molecule has 0 aliphatic rings. The lowest BCUT2D eigenvalue weighted by molar-refractivity contribution is -0.141. The van der Waals surface area contributed by atoms with Crippen LogP contribution in [0.3, 0.4) is 0 Å². The topological polar surface area (TPSA) is 57.6 Å². The van der Waals surface area contributed by atoms with Crippen molar-refractivity contribution in [3.05, 3.63) is 34.1 Å². The summed E-state index contributed by atoms with van der Waals surface area (Å²) in [5, 5.41) is 8.77. The van der Waals surface area contributed by atoms with Crippen LogP contribution in [0.2, 0.25) is 0 Å². The zero-order valence-corrected chi connectivity index (χ0v) is 11.6. The molecule has 6 heteroatoms. The molecule has 0 heterocycles. The molecule has 0 bridgehead atoms. The number of aliphatic carboxylic acids is 1. The standard InChI is InChI=1S/C12H13BrFNO3/c1-7(12(17)18)6-15(2)11(16)8-4-3-5-9(14)10(8)13/h3-5,7H,6H2,1-2H3,(H,17,18). The van der Waals surface area contributed by atoms with Crippen LogP contribution in [0, 0.1) is 11.7 Å². The fourth-order valence-electron chi connectivity index (χ4n) is 1.45. The van der Waals surface area contributed by atoms with Crippen molar-refractivity contribution < 1.29 is 19.1 Å². The van der Waals surface area contributed by atoms with Crippen LogP contribution in [-0.4, -0.2) is 35.5 Å². The molecule has 0 aliphatic heterocycles. The lowest BCUT2D eigenvalue weighted by Gasteiger charge is -2.20. The summed E-state index contributed by atoms with van der Waals surface area (Å²) in [5.41, 5.74) is 0.176. The van der Waals surface area contributed by atoms with Gasteiger partial charge >= 0.3 is 5.97 Å². The van der Waals surface area contributed by atoms with Gasteiger partial charge in [-0.05, 0) is 28.1 Å². The summed E-state index contributed by atoms with van der Waals surface area (Å²) in [6.45, 7) is 1.57. The first kappa shape index (κ1) is 14.6. The number of rotatable bonds is 4. The van der Waals surface area contributed by atoms with Gasteiger partial charge in [0.1, 0.15) is 5.82 Å². The fraction of sp³-hybridized carbons (Fsp3) is 0.333. The summed E-state index contributed by atoms with van der Waals surface area (Å²) >= 11 is 3.01. The highest BCUT2D eigenvalue weighted by Gasteiger charge is 2.21. The second kappa shape index (κ2) is 5.95. The van der Waals surface area contributed by atoms with Crippen LogP contribution in [0.25, 0.3) is 0 Å². The van der Waals surface area contributed by atoms with E-state index in [1.807, 2.05) is 0 Å². The lowest BCUT2D eigenvalue weighted by Crippen LogP contribution is -2.33. The number of hydrogen-bond acceptors (Lipinski definition) is 2. The van der Waals surface area contributed by atoms with Crippen LogP contribution in [0.4, 0.5) is 4.39 Å². The Balaban J connectivity index is 2.87. The summed E-state index contributed by atoms with van der Waals surface area (Å²) < 4.78 is 13.4. The molecule has 0 aromatic heterocycles. The smallest absolute Gasteiger partial charge is 0.308 e. The molecule has 0 fully saturated rings. The Morgan fingerprint density at radius 1 is 1.50 bits per heavy atom. The average molecular weight is 318 g/mol. The largest absolute Gasteiger partial charge is 0.481 e. The molecule has 1 unspecified atom stereocenters. The van der Waals surface area contributed by atoms with Crippen molar-refractivity contribution in [2.75, 3.05) is 13.6 Å². The van der Waals surface area contributed by atoms with Crippen LogP contribution in [0.5, 0.6) is 0 Å². The Labute approximate surface area is 113 Å². The summed E-state index contributed by atoms with van der Waals surface area (Å²) in [5.74, 6) is -2.60. The van der Waals surface area contributed by atoms with Crippen LogP contribution >= 0.6 is 15.9 Å². The van der Waals surface area contributed by atoms with E-state index in [1.54, 1.807) is 0 Å². The highest BCUT2D eigenvalue weighted by Crippen LogP contribution is 2.21. The summed E-state index contributed by atoms with van der Waals surface area (Å²) in [6.07, 6.45) is 0. The molecular weight excluding hydrogens is 305 g/mol. The Kier molecular flexibility index (Phi) is 4.84. The minimum atomic E-state index is -0.979. The number of carboxylic acids is 1. The maximum Gasteiger partial charge on any atom is 0.308 e. The molecule has 0 spiro atoms. The first-order chi connectivity index (χ1) is 8.34. The van der Waals surface area contributed by atoms with Crippen molar-refractivity contribution >= 4 is 27.8 Å². The van der Waals surface area contributed by atoms with E-state index in [2.05, 4.69) is 15.9 Å². The predicted octanol–water partition coefficient (Wildman–Crippen LogP) is 2.38. The molecule has 0 saturated heterocycles. The van der Waals surface area contributed by atoms with Crippen molar-refractivity contribution in [2.45, 2.75) is 6.92 Å². The maximum absolute atomic E-state index is 13.3. The number of halogens is 2. The number of benzene rings is 1. The zero-order chi connectivity index (χ0) is 13.9. The van der Waals surface area contributed by atoms with Crippen molar-refractivity contribution in [3.8, 4) is 0 Å². The predicted molar refractivity (Wildman–Crippen MR) is 67.9 cm³/mol. The van der Waals surface area contributed by atoms with Gasteiger partial charge in [0.2, 0.25) is 0 Å².